The predicted octanol–water partition coefficient (Wildman–Crippen LogP) is 1.53. The van der Waals surface area contributed by atoms with Gasteiger partial charge in [-0.05, 0) is 12.5 Å². The molecule has 3 heterocycles. The number of rotatable bonds is 6. The van der Waals surface area contributed by atoms with E-state index in [9.17, 15) is 13.2 Å². The second-order valence-electron chi connectivity index (χ2n) is 7.67. The number of ether oxygens (including phenoxy) is 3. The van der Waals surface area contributed by atoms with Crippen molar-refractivity contribution in [1.82, 2.24) is 14.2 Å². The van der Waals surface area contributed by atoms with Gasteiger partial charge in [-0.15, -0.1) is 11.3 Å². The zero-order chi connectivity index (χ0) is 23.4. The van der Waals surface area contributed by atoms with E-state index in [0.717, 1.165) is 18.1 Å². The molecule has 0 unspecified atom stereocenters. The second-order valence-corrected chi connectivity index (χ2v) is 10.5. The van der Waals surface area contributed by atoms with Gasteiger partial charge in [0.25, 0.3) is 5.91 Å². The molecule has 0 N–H and O–H groups in total. The second kappa shape index (κ2) is 10.2. The summed E-state index contributed by atoms with van der Waals surface area (Å²) in [7, 11) is -0.952. The summed E-state index contributed by atoms with van der Waals surface area (Å²) in [6, 6.07) is 2.81. The molecule has 12 heteroatoms. The number of sulfonamides is 1. The Morgan fingerprint density at radius 3 is 2.52 bits per heavy atom. The highest BCUT2D eigenvalue weighted by Crippen LogP contribution is 2.36. The first kappa shape index (κ1) is 23.7. The standard InChI is InChI=1S/C21H28N4O6S2/c1-29-18-15-16(33(27,28)25-9-11-31-12-10-25)14-17(19(18)30-2)20(26)23-5-3-6-24(8-7-23)21-22-4-13-32-21/h4,13-15H,3,5-12H2,1-2H3. The fraction of sp³-hybridized carbons (Fsp3) is 0.524. The van der Waals surface area contributed by atoms with E-state index in [1.807, 2.05) is 5.38 Å². The van der Waals surface area contributed by atoms with Gasteiger partial charge < -0.3 is 24.0 Å². The summed E-state index contributed by atoms with van der Waals surface area (Å²) in [5, 5.41) is 2.86. The molecular formula is C21H28N4O6S2. The Bertz CT molecular complexity index is 1070. The summed E-state index contributed by atoms with van der Waals surface area (Å²) >= 11 is 1.57. The number of anilines is 1. The van der Waals surface area contributed by atoms with Crippen molar-refractivity contribution in [2.24, 2.45) is 0 Å². The lowest BCUT2D eigenvalue weighted by molar-refractivity contribution is 0.0729. The van der Waals surface area contributed by atoms with Crippen molar-refractivity contribution in [3.63, 3.8) is 0 Å². The molecule has 1 aromatic heterocycles. The van der Waals surface area contributed by atoms with Gasteiger partial charge in [0.15, 0.2) is 16.6 Å². The molecule has 180 valence electrons. The summed E-state index contributed by atoms with van der Waals surface area (Å²) in [5.41, 5.74) is 0.173. The maximum Gasteiger partial charge on any atom is 0.257 e. The Balaban J connectivity index is 1.64. The lowest BCUT2D eigenvalue weighted by Gasteiger charge is -2.27. The predicted molar refractivity (Wildman–Crippen MR) is 124 cm³/mol. The molecule has 1 aromatic carbocycles. The molecular weight excluding hydrogens is 468 g/mol. The van der Waals surface area contributed by atoms with Crippen LogP contribution >= 0.6 is 11.3 Å². The van der Waals surface area contributed by atoms with Crippen molar-refractivity contribution in [1.29, 1.82) is 0 Å². The number of nitrogens with zero attached hydrogens (tertiary/aromatic N) is 4. The molecule has 0 saturated carbocycles. The van der Waals surface area contributed by atoms with Crippen molar-refractivity contribution in [2.45, 2.75) is 11.3 Å². The smallest absolute Gasteiger partial charge is 0.257 e. The third kappa shape index (κ3) is 4.93. The van der Waals surface area contributed by atoms with Crippen LogP contribution in [0.25, 0.3) is 0 Å². The molecule has 0 atom stereocenters. The van der Waals surface area contributed by atoms with Crippen molar-refractivity contribution >= 4 is 32.4 Å². The number of benzene rings is 1. The van der Waals surface area contributed by atoms with E-state index >= 15 is 0 Å². The van der Waals surface area contributed by atoms with Crippen molar-refractivity contribution in [2.75, 3.05) is 71.6 Å². The van der Waals surface area contributed by atoms with Gasteiger partial charge in [0.05, 0.1) is 37.9 Å². The van der Waals surface area contributed by atoms with Crippen LogP contribution < -0.4 is 14.4 Å². The Labute approximate surface area is 197 Å². The van der Waals surface area contributed by atoms with Gasteiger partial charge in [0.1, 0.15) is 0 Å². The van der Waals surface area contributed by atoms with Gasteiger partial charge in [-0.25, -0.2) is 13.4 Å². The SMILES string of the molecule is COc1cc(S(=O)(=O)N2CCOCC2)cc(C(=O)N2CCCN(c3nccs3)CC2)c1OC. The average Bonchev–Trinajstić information content (AvgIpc) is 3.27. The number of thiazole rings is 1. The van der Waals surface area contributed by atoms with Crippen LogP contribution in [0.2, 0.25) is 0 Å². The summed E-state index contributed by atoms with van der Waals surface area (Å²) < 4.78 is 44.1. The van der Waals surface area contributed by atoms with Crippen LogP contribution in [0.15, 0.2) is 28.6 Å². The van der Waals surface area contributed by atoms with Crippen LogP contribution in [0, 0.1) is 0 Å². The monoisotopic (exact) mass is 496 g/mol. The maximum absolute atomic E-state index is 13.6. The first-order chi connectivity index (χ1) is 16.0. The minimum absolute atomic E-state index is 0.00429. The number of aromatic nitrogens is 1. The quantitative estimate of drug-likeness (QED) is 0.594. The van der Waals surface area contributed by atoms with E-state index in [1.54, 1.807) is 22.4 Å². The summed E-state index contributed by atoms with van der Waals surface area (Å²) in [4.78, 5) is 21.8. The van der Waals surface area contributed by atoms with Crippen LogP contribution in [0.4, 0.5) is 5.13 Å². The van der Waals surface area contributed by atoms with Gasteiger partial charge in [0.2, 0.25) is 10.0 Å². The molecule has 0 bridgehead atoms. The maximum atomic E-state index is 13.6. The van der Waals surface area contributed by atoms with Crippen molar-refractivity contribution in [3.05, 3.63) is 29.3 Å². The largest absolute Gasteiger partial charge is 0.493 e. The number of carbonyl (C=O) groups excluding carboxylic acids is 1. The van der Waals surface area contributed by atoms with Gasteiger partial charge >= 0.3 is 0 Å². The molecule has 33 heavy (non-hydrogen) atoms. The first-order valence-electron chi connectivity index (χ1n) is 10.7. The van der Waals surface area contributed by atoms with Gasteiger partial charge in [-0.2, -0.15) is 4.31 Å². The minimum atomic E-state index is -3.82. The van der Waals surface area contributed by atoms with E-state index in [4.69, 9.17) is 14.2 Å². The molecule has 0 spiro atoms. The molecule has 4 rings (SSSR count). The number of morpholine rings is 1. The zero-order valence-electron chi connectivity index (χ0n) is 18.7. The van der Waals surface area contributed by atoms with Crippen molar-refractivity contribution in [3.8, 4) is 11.5 Å². The third-order valence-electron chi connectivity index (χ3n) is 5.76. The summed E-state index contributed by atoms with van der Waals surface area (Å²) in [5.74, 6) is 0.143. The van der Waals surface area contributed by atoms with Crippen molar-refractivity contribution < 1.29 is 27.4 Å². The fourth-order valence-electron chi connectivity index (χ4n) is 4.04. The molecule has 0 radical (unpaired) electrons. The Morgan fingerprint density at radius 1 is 1.06 bits per heavy atom. The molecule has 2 fully saturated rings. The number of amides is 1. The highest BCUT2D eigenvalue weighted by Gasteiger charge is 2.31. The minimum Gasteiger partial charge on any atom is -0.493 e. The molecule has 0 aliphatic carbocycles. The van der Waals surface area contributed by atoms with Crippen LogP contribution in [0.5, 0.6) is 11.5 Å². The van der Waals surface area contributed by atoms with E-state index in [2.05, 4.69) is 9.88 Å². The van der Waals surface area contributed by atoms with E-state index in [-0.39, 0.29) is 41.0 Å². The van der Waals surface area contributed by atoms with Crippen LogP contribution in [-0.4, -0.2) is 95.2 Å². The molecule has 2 aliphatic rings. The summed E-state index contributed by atoms with van der Waals surface area (Å²) in [6.45, 7) is 3.67. The van der Waals surface area contributed by atoms with E-state index < -0.39 is 10.0 Å². The fourth-order valence-corrected chi connectivity index (χ4v) is 6.18. The van der Waals surface area contributed by atoms with Crippen LogP contribution in [0.1, 0.15) is 16.8 Å². The molecule has 10 nitrogen and oxygen atoms in total. The van der Waals surface area contributed by atoms with E-state index in [0.29, 0.717) is 32.8 Å². The number of hydrogen-bond donors (Lipinski definition) is 0. The molecule has 2 saturated heterocycles. The Morgan fingerprint density at radius 2 is 1.85 bits per heavy atom. The van der Waals surface area contributed by atoms with Crippen LogP contribution in [0.3, 0.4) is 0 Å². The first-order valence-corrected chi connectivity index (χ1v) is 13.1. The number of carbonyl (C=O) groups is 1. The normalized spacial score (nSPS) is 18.1. The topological polar surface area (TPSA) is 102 Å². The van der Waals surface area contributed by atoms with Gasteiger partial charge in [-0.3, -0.25) is 4.79 Å². The number of hydrogen-bond acceptors (Lipinski definition) is 9. The average molecular weight is 497 g/mol. The van der Waals surface area contributed by atoms with Gasteiger partial charge in [-0.1, -0.05) is 0 Å². The zero-order valence-corrected chi connectivity index (χ0v) is 20.4. The highest BCUT2D eigenvalue weighted by molar-refractivity contribution is 7.89. The van der Waals surface area contributed by atoms with E-state index in [1.165, 1.54) is 30.7 Å². The highest BCUT2D eigenvalue weighted by atomic mass is 32.2. The molecule has 2 aliphatic heterocycles. The van der Waals surface area contributed by atoms with Gasteiger partial charge in [0, 0.05) is 56.9 Å². The lowest BCUT2D eigenvalue weighted by atomic mass is 10.1. The summed E-state index contributed by atoms with van der Waals surface area (Å²) in [6.07, 6.45) is 2.54. The lowest BCUT2D eigenvalue weighted by Crippen LogP contribution is -2.40. The molecule has 1 amide bonds. The Hall–Kier alpha value is -2.41. The number of methoxy groups -OCH3 is 2. The van der Waals surface area contributed by atoms with Crippen LogP contribution in [-0.2, 0) is 14.8 Å². The third-order valence-corrected chi connectivity index (χ3v) is 8.47. The molecule has 2 aromatic rings. The Kier molecular flexibility index (Phi) is 7.37.